The number of hydrogen-bond acceptors (Lipinski definition) is 2. The maximum Gasteiger partial charge on any atom is 0.106 e. The summed E-state index contributed by atoms with van der Waals surface area (Å²) in [5, 5.41) is 0. The van der Waals surface area contributed by atoms with Crippen LogP contribution >= 0.6 is 12.2 Å². The minimum atomic E-state index is 0.475. The second kappa shape index (κ2) is 5.25. The molecule has 20 heavy (non-hydrogen) atoms. The third-order valence-electron chi connectivity index (χ3n) is 3.89. The molecular weight excluding hydrogens is 264 g/mol. The molecule has 0 fully saturated rings. The maximum absolute atomic E-state index is 5.89. The van der Waals surface area contributed by atoms with E-state index in [0.29, 0.717) is 4.99 Å². The highest BCUT2D eigenvalue weighted by Gasteiger charge is 2.19. The highest BCUT2D eigenvalue weighted by Crippen LogP contribution is 2.28. The number of nitrogens with two attached hydrogens (primary N) is 1. The summed E-state index contributed by atoms with van der Waals surface area (Å²) >= 11 is 5.21. The van der Waals surface area contributed by atoms with E-state index in [4.69, 9.17) is 18.0 Å². The minimum Gasteiger partial charge on any atom is -0.389 e. The van der Waals surface area contributed by atoms with Crippen LogP contribution in [-0.4, -0.2) is 11.5 Å². The molecule has 3 rings (SSSR count). The van der Waals surface area contributed by atoms with Gasteiger partial charge in [0.15, 0.2) is 0 Å². The Hall–Kier alpha value is -1.87. The third-order valence-corrected chi connectivity index (χ3v) is 4.11. The molecule has 2 aromatic rings. The summed E-state index contributed by atoms with van der Waals surface area (Å²) in [6, 6.07) is 15.0. The Bertz CT molecular complexity index is 664. The van der Waals surface area contributed by atoms with Gasteiger partial charge in [0.25, 0.3) is 0 Å². The first kappa shape index (κ1) is 13.1. The molecule has 0 radical (unpaired) electrons. The van der Waals surface area contributed by atoms with Crippen LogP contribution in [0.4, 0.5) is 5.69 Å². The molecule has 2 N–H and O–H groups in total. The van der Waals surface area contributed by atoms with Gasteiger partial charge in [0.1, 0.15) is 4.99 Å². The second-order valence-corrected chi connectivity index (χ2v) is 5.76. The van der Waals surface area contributed by atoms with Gasteiger partial charge < -0.3 is 10.6 Å². The molecule has 102 valence electrons. The van der Waals surface area contributed by atoms with E-state index >= 15 is 0 Å². The van der Waals surface area contributed by atoms with Gasteiger partial charge in [-0.25, -0.2) is 0 Å². The fraction of sp³-hybridized carbons (Fsp3) is 0.235. The van der Waals surface area contributed by atoms with Crippen molar-refractivity contribution in [2.45, 2.75) is 19.9 Å². The zero-order valence-corrected chi connectivity index (χ0v) is 12.4. The van der Waals surface area contributed by atoms with Crippen molar-refractivity contribution in [3.05, 3.63) is 64.7 Å². The van der Waals surface area contributed by atoms with E-state index in [2.05, 4.69) is 54.3 Å². The summed E-state index contributed by atoms with van der Waals surface area (Å²) in [4.78, 5) is 2.85. The van der Waals surface area contributed by atoms with Crippen molar-refractivity contribution in [2.75, 3.05) is 11.4 Å². The van der Waals surface area contributed by atoms with Crippen molar-refractivity contribution in [3.63, 3.8) is 0 Å². The monoisotopic (exact) mass is 282 g/mol. The Labute approximate surface area is 125 Å². The number of aryl methyl sites for hydroxylation is 1. The van der Waals surface area contributed by atoms with Crippen LogP contribution in [0.25, 0.3) is 0 Å². The van der Waals surface area contributed by atoms with Crippen LogP contribution in [-0.2, 0) is 13.0 Å². The molecule has 3 heteroatoms. The van der Waals surface area contributed by atoms with Gasteiger partial charge in [-0.05, 0) is 36.6 Å². The Morgan fingerprint density at radius 3 is 2.65 bits per heavy atom. The predicted octanol–water partition coefficient (Wildman–Crippen LogP) is 3.19. The topological polar surface area (TPSA) is 29.3 Å². The lowest BCUT2D eigenvalue weighted by Crippen LogP contribution is -2.32. The molecule has 1 aliphatic rings. The van der Waals surface area contributed by atoms with Gasteiger partial charge in [-0.3, -0.25) is 0 Å². The number of fused-ring (bicyclic) bond motifs is 1. The van der Waals surface area contributed by atoms with Crippen LogP contribution in [0, 0.1) is 6.92 Å². The SMILES string of the molecule is Cc1ccc(N2CCc3ccccc3C2)c(C(N)=S)c1. The molecule has 0 spiro atoms. The number of benzene rings is 2. The normalized spacial score (nSPS) is 13.9. The van der Waals surface area contributed by atoms with E-state index in [-0.39, 0.29) is 0 Å². The Kier molecular flexibility index (Phi) is 3.45. The van der Waals surface area contributed by atoms with Gasteiger partial charge in [0, 0.05) is 24.3 Å². The fourth-order valence-corrected chi connectivity index (χ4v) is 2.99. The third kappa shape index (κ3) is 2.41. The Morgan fingerprint density at radius 2 is 1.90 bits per heavy atom. The van der Waals surface area contributed by atoms with Crippen molar-refractivity contribution in [1.29, 1.82) is 0 Å². The van der Waals surface area contributed by atoms with E-state index in [9.17, 15) is 0 Å². The first-order valence-electron chi connectivity index (χ1n) is 6.87. The fourth-order valence-electron chi connectivity index (χ4n) is 2.82. The molecule has 0 aromatic heterocycles. The van der Waals surface area contributed by atoms with Gasteiger partial charge in [-0.2, -0.15) is 0 Å². The van der Waals surface area contributed by atoms with Gasteiger partial charge in [-0.15, -0.1) is 0 Å². The molecule has 2 nitrogen and oxygen atoms in total. The van der Waals surface area contributed by atoms with E-state index in [0.717, 1.165) is 30.8 Å². The molecule has 0 bridgehead atoms. The summed E-state index contributed by atoms with van der Waals surface area (Å²) in [5.41, 5.74) is 12.1. The summed E-state index contributed by atoms with van der Waals surface area (Å²) in [7, 11) is 0. The first-order chi connectivity index (χ1) is 9.65. The van der Waals surface area contributed by atoms with Gasteiger partial charge in [0.2, 0.25) is 0 Å². The van der Waals surface area contributed by atoms with Crippen LogP contribution in [0.2, 0.25) is 0 Å². The van der Waals surface area contributed by atoms with E-state index in [1.807, 2.05) is 0 Å². The summed E-state index contributed by atoms with van der Waals surface area (Å²) in [6.45, 7) is 4.00. The van der Waals surface area contributed by atoms with Crippen molar-refractivity contribution in [3.8, 4) is 0 Å². The predicted molar refractivity (Wildman–Crippen MR) is 88.3 cm³/mol. The average molecular weight is 282 g/mol. The first-order valence-corrected chi connectivity index (χ1v) is 7.28. The van der Waals surface area contributed by atoms with Gasteiger partial charge in [0.05, 0.1) is 0 Å². The van der Waals surface area contributed by atoms with Gasteiger partial charge in [-0.1, -0.05) is 48.1 Å². The minimum absolute atomic E-state index is 0.475. The lowest BCUT2D eigenvalue weighted by Gasteiger charge is -2.32. The van der Waals surface area contributed by atoms with E-state index in [1.165, 1.54) is 16.7 Å². The number of thiocarbonyl (C=S) groups is 1. The molecule has 0 saturated heterocycles. The lowest BCUT2D eigenvalue weighted by atomic mass is 9.98. The van der Waals surface area contributed by atoms with E-state index in [1.54, 1.807) is 0 Å². The smallest absolute Gasteiger partial charge is 0.106 e. The molecular formula is C17H18N2S. The number of nitrogens with zero attached hydrogens (tertiary/aromatic N) is 1. The highest BCUT2D eigenvalue weighted by molar-refractivity contribution is 7.80. The Morgan fingerprint density at radius 1 is 1.15 bits per heavy atom. The van der Waals surface area contributed by atoms with Crippen molar-refractivity contribution < 1.29 is 0 Å². The molecule has 2 aromatic carbocycles. The lowest BCUT2D eigenvalue weighted by molar-refractivity contribution is 0.731. The summed E-state index contributed by atoms with van der Waals surface area (Å²) in [6.07, 6.45) is 1.07. The average Bonchev–Trinajstić information content (AvgIpc) is 2.46. The van der Waals surface area contributed by atoms with Crippen molar-refractivity contribution in [2.24, 2.45) is 5.73 Å². The molecule has 1 aliphatic heterocycles. The summed E-state index contributed by atoms with van der Waals surface area (Å²) in [5.74, 6) is 0. The highest BCUT2D eigenvalue weighted by atomic mass is 32.1. The quantitative estimate of drug-likeness (QED) is 0.858. The molecule has 0 saturated carbocycles. The van der Waals surface area contributed by atoms with Gasteiger partial charge >= 0.3 is 0 Å². The largest absolute Gasteiger partial charge is 0.389 e. The number of anilines is 1. The zero-order valence-electron chi connectivity index (χ0n) is 11.6. The molecule has 0 unspecified atom stereocenters. The Balaban J connectivity index is 1.97. The van der Waals surface area contributed by atoms with Crippen molar-refractivity contribution in [1.82, 2.24) is 0 Å². The molecule has 1 heterocycles. The van der Waals surface area contributed by atoms with E-state index < -0.39 is 0 Å². The number of hydrogen-bond donors (Lipinski definition) is 1. The standard InChI is InChI=1S/C17H18N2S/c1-12-6-7-16(15(10-12)17(18)20)19-9-8-13-4-2-3-5-14(13)11-19/h2-7,10H,8-9,11H2,1H3,(H2,18,20). The van der Waals surface area contributed by atoms with Crippen LogP contribution < -0.4 is 10.6 Å². The van der Waals surface area contributed by atoms with Crippen LogP contribution in [0.3, 0.4) is 0 Å². The summed E-state index contributed by atoms with van der Waals surface area (Å²) < 4.78 is 0. The molecule has 0 amide bonds. The zero-order chi connectivity index (χ0) is 14.1. The van der Waals surface area contributed by atoms with Crippen LogP contribution in [0.15, 0.2) is 42.5 Å². The molecule has 0 atom stereocenters. The second-order valence-electron chi connectivity index (χ2n) is 5.33. The van der Waals surface area contributed by atoms with Crippen LogP contribution in [0.1, 0.15) is 22.3 Å². The molecule has 0 aliphatic carbocycles. The number of rotatable bonds is 2. The maximum atomic E-state index is 5.89. The van der Waals surface area contributed by atoms with Crippen molar-refractivity contribution >= 4 is 22.9 Å². The van der Waals surface area contributed by atoms with Crippen LogP contribution in [0.5, 0.6) is 0 Å².